The van der Waals surface area contributed by atoms with Gasteiger partial charge in [-0.25, -0.2) is 0 Å². The van der Waals surface area contributed by atoms with Gasteiger partial charge in [-0.1, -0.05) is 34.4 Å². The smallest absolute Gasteiger partial charge is 0.145 e. The number of benzene rings is 1. The average molecular weight is 407 g/mol. The van der Waals surface area contributed by atoms with Crippen LogP contribution in [0.5, 0.6) is 0 Å². The highest BCUT2D eigenvalue weighted by Gasteiger charge is 2.37. The molecule has 1 aliphatic heterocycles. The Morgan fingerprint density at radius 2 is 1.81 bits per heavy atom. The first-order chi connectivity index (χ1) is 13.2. The summed E-state index contributed by atoms with van der Waals surface area (Å²) >= 11 is 12.8. The van der Waals surface area contributed by atoms with Crippen molar-refractivity contribution in [3.05, 3.63) is 39.6 Å². The number of halogens is 2. The summed E-state index contributed by atoms with van der Waals surface area (Å²) in [5.74, 6) is 3.76. The fourth-order valence-corrected chi connectivity index (χ4v) is 5.38. The Hall–Kier alpha value is -1.07. The lowest BCUT2D eigenvalue weighted by molar-refractivity contribution is 0.0856. The Morgan fingerprint density at radius 1 is 1.11 bits per heavy atom. The summed E-state index contributed by atoms with van der Waals surface area (Å²) in [6, 6.07) is 5.52. The molecule has 4 nitrogen and oxygen atoms in total. The van der Waals surface area contributed by atoms with E-state index >= 15 is 0 Å². The van der Waals surface area contributed by atoms with Gasteiger partial charge in [0.05, 0.1) is 16.7 Å². The van der Waals surface area contributed by atoms with Gasteiger partial charge in [-0.3, -0.25) is 0 Å². The van der Waals surface area contributed by atoms with Gasteiger partial charge in [-0.05, 0) is 68.7 Å². The maximum atomic E-state index is 6.42. The molecule has 2 aliphatic carbocycles. The fourth-order valence-electron chi connectivity index (χ4n) is 4.80. The van der Waals surface area contributed by atoms with Crippen LogP contribution in [0.4, 0.5) is 0 Å². The number of hydrogen-bond donors (Lipinski definition) is 1. The van der Waals surface area contributed by atoms with Crippen LogP contribution in [0.25, 0.3) is 11.3 Å². The van der Waals surface area contributed by atoms with Gasteiger partial charge >= 0.3 is 0 Å². The van der Waals surface area contributed by atoms with E-state index in [0.29, 0.717) is 28.5 Å². The first-order valence-corrected chi connectivity index (χ1v) is 10.7. The van der Waals surface area contributed by atoms with Crippen molar-refractivity contribution >= 4 is 23.2 Å². The number of nitrogens with zero attached hydrogens (tertiary/aromatic N) is 1. The first-order valence-electron chi connectivity index (χ1n) is 9.92. The lowest BCUT2D eigenvalue weighted by Gasteiger charge is -2.13. The molecule has 1 aromatic carbocycles. The number of aromatic nitrogens is 1. The van der Waals surface area contributed by atoms with E-state index in [1.165, 1.54) is 25.9 Å². The maximum Gasteiger partial charge on any atom is 0.145 e. The lowest BCUT2D eigenvalue weighted by atomic mass is 10.0. The third-order valence-corrected chi connectivity index (χ3v) is 6.95. The minimum atomic E-state index is 0.461. The second-order valence-electron chi connectivity index (χ2n) is 8.28. The summed E-state index contributed by atoms with van der Waals surface area (Å²) in [4.78, 5) is 0. The quantitative estimate of drug-likeness (QED) is 0.707. The highest BCUT2D eigenvalue weighted by Crippen LogP contribution is 2.46. The number of rotatable bonds is 6. The Morgan fingerprint density at radius 3 is 2.48 bits per heavy atom. The number of nitrogens with one attached hydrogen (secondary N) is 1. The standard InChI is InChI=1S/C21H24Cl2N2O2/c22-17-2-1-3-18(23)19(17)20-16(21(27-25-20)13-4-5-13)11-26-10-12-6-14-8-24-9-15(14)7-12/h1-3,12-15,24H,4-11H2/t12?,14-,15+. The van der Waals surface area contributed by atoms with Crippen LogP contribution in [0.2, 0.25) is 10.0 Å². The van der Waals surface area contributed by atoms with Crippen molar-refractivity contribution in [2.24, 2.45) is 17.8 Å². The Labute approximate surface area is 169 Å². The predicted octanol–water partition coefficient (Wildman–Crippen LogP) is 5.29. The number of ether oxygens (including phenoxy) is 1. The predicted molar refractivity (Wildman–Crippen MR) is 106 cm³/mol. The number of hydrogen-bond acceptors (Lipinski definition) is 4. The SMILES string of the molecule is Clc1cccc(Cl)c1-c1noc(C2CC2)c1COCC1C[C@H]2CNC[C@H]2C1. The largest absolute Gasteiger partial charge is 0.376 e. The molecule has 3 fully saturated rings. The Kier molecular flexibility index (Phi) is 4.93. The average Bonchev–Trinajstić information content (AvgIpc) is 3.06. The molecule has 1 unspecified atom stereocenters. The summed E-state index contributed by atoms with van der Waals surface area (Å²) in [7, 11) is 0. The van der Waals surface area contributed by atoms with E-state index in [1.807, 2.05) is 18.2 Å². The van der Waals surface area contributed by atoms with Gasteiger partial charge in [0.2, 0.25) is 0 Å². The normalized spacial score (nSPS) is 27.3. The maximum absolute atomic E-state index is 6.42. The van der Waals surface area contributed by atoms with E-state index in [-0.39, 0.29) is 0 Å². The Bertz CT molecular complexity index is 801. The van der Waals surface area contributed by atoms with Crippen molar-refractivity contribution in [2.45, 2.75) is 38.2 Å². The molecule has 0 radical (unpaired) electrons. The molecule has 144 valence electrons. The number of fused-ring (bicyclic) bond motifs is 1. The molecule has 1 N–H and O–H groups in total. The fraction of sp³-hybridized carbons (Fsp3) is 0.571. The van der Waals surface area contributed by atoms with Crippen molar-refractivity contribution in [1.82, 2.24) is 10.5 Å². The van der Waals surface area contributed by atoms with Gasteiger partial charge < -0.3 is 14.6 Å². The zero-order chi connectivity index (χ0) is 18.4. The zero-order valence-electron chi connectivity index (χ0n) is 15.2. The van der Waals surface area contributed by atoms with Crippen molar-refractivity contribution in [1.29, 1.82) is 0 Å². The molecule has 1 aromatic heterocycles. The highest BCUT2D eigenvalue weighted by atomic mass is 35.5. The third-order valence-electron chi connectivity index (χ3n) is 6.32. The molecule has 2 saturated carbocycles. The second kappa shape index (κ2) is 7.40. The van der Waals surface area contributed by atoms with Crippen LogP contribution in [0.3, 0.4) is 0 Å². The van der Waals surface area contributed by atoms with Crippen molar-refractivity contribution in [3.63, 3.8) is 0 Å². The highest BCUT2D eigenvalue weighted by molar-refractivity contribution is 6.39. The lowest BCUT2D eigenvalue weighted by Crippen LogP contribution is -2.14. The van der Waals surface area contributed by atoms with E-state index in [4.69, 9.17) is 32.5 Å². The molecule has 2 aromatic rings. The van der Waals surface area contributed by atoms with Gasteiger partial charge in [0.1, 0.15) is 11.5 Å². The summed E-state index contributed by atoms with van der Waals surface area (Å²) in [6.45, 7) is 3.66. The summed E-state index contributed by atoms with van der Waals surface area (Å²) in [5.41, 5.74) is 2.50. The molecule has 0 amide bonds. The van der Waals surface area contributed by atoms with E-state index in [0.717, 1.165) is 53.9 Å². The van der Waals surface area contributed by atoms with E-state index in [1.54, 1.807) is 0 Å². The molecule has 5 rings (SSSR count). The molecule has 0 spiro atoms. The second-order valence-corrected chi connectivity index (χ2v) is 9.09. The van der Waals surface area contributed by atoms with Crippen molar-refractivity contribution in [2.75, 3.05) is 19.7 Å². The zero-order valence-corrected chi connectivity index (χ0v) is 16.7. The van der Waals surface area contributed by atoms with E-state index in [2.05, 4.69) is 10.5 Å². The molecule has 3 atom stereocenters. The van der Waals surface area contributed by atoms with Gasteiger partial charge in [-0.15, -0.1) is 0 Å². The molecule has 3 aliphatic rings. The molecular weight excluding hydrogens is 383 g/mol. The molecule has 27 heavy (non-hydrogen) atoms. The van der Waals surface area contributed by atoms with Gasteiger partial charge in [0.25, 0.3) is 0 Å². The van der Waals surface area contributed by atoms with Gasteiger partial charge in [0, 0.05) is 23.7 Å². The van der Waals surface area contributed by atoms with Crippen LogP contribution >= 0.6 is 23.2 Å². The molecule has 2 heterocycles. The topological polar surface area (TPSA) is 47.3 Å². The Balaban J connectivity index is 1.33. The van der Waals surface area contributed by atoms with E-state index in [9.17, 15) is 0 Å². The van der Waals surface area contributed by atoms with Crippen LogP contribution < -0.4 is 5.32 Å². The first kappa shape index (κ1) is 18.0. The minimum Gasteiger partial charge on any atom is -0.376 e. The third kappa shape index (κ3) is 3.53. The van der Waals surface area contributed by atoms with E-state index < -0.39 is 0 Å². The summed E-state index contributed by atoms with van der Waals surface area (Å²) < 4.78 is 11.9. The minimum absolute atomic E-state index is 0.461. The van der Waals surface area contributed by atoms with Gasteiger partial charge in [-0.2, -0.15) is 0 Å². The molecule has 6 heteroatoms. The van der Waals surface area contributed by atoms with Crippen LogP contribution in [0, 0.1) is 17.8 Å². The van der Waals surface area contributed by atoms with Gasteiger partial charge in [0.15, 0.2) is 0 Å². The summed E-state index contributed by atoms with van der Waals surface area (Å²) in [5, 5.41) is 9.02. The molecule has 0 bridgehead atoms. The van der Waals surface area contributed by atoms with Crippen LogP contribution in [0.15, 0.2) is 22.7 Å². The van der Waals surface area contributed by atoms with Crippen molar-refractivity contribution in [3.8, 4) is 11.3 Å². The molecular formula is C21H24Cl2N2O2. The van der Waals surface area contributed by atoms with Crippen LogP contribution in [-0.4, -0.2) is 24.9 Å². The molecule has 1 saturated heterocycles. The monoisotopic (exact) mass is 406 g/mol. The summed E-state index contributed by atoms with van der Waals surface area (Å²) in [6.07, 6.45) is 4.85. The van der Waals surface area contributed by atoms with Crippen molar-refractivity contribution < 1.29 is 9.26 Å². The van der Waals surface area contributed by atoms with Crippen LogP contribution in [-0.2, 0) is 11.3 Å². The van der Waals surface area contributed by atoms with Crippen LogP contribution in [0.1, 0.15) is 42.9 Å².